The molecular weight excluding hydrogens is 314 g/mol. The van der Waals surface area contributed by atoms with Gasteiger partial charge < -0.3 is 4.74 Å². The molecule has 0 aliphatic heterocycles. The fourth-order valence-electron chi connectivity index (χ4n) is 2.07. The number of benzene rings is 2. The number of nitrogens with zero attached hydrogens (tertiary/aromatic N) is 4. The first kappa shape index (κ1) is 16.3. The van der Waals surface area contributed by atoms with Crippen molar-refractivity contribution in [1.82, 2.24) is 15.2 Å². The molecule has 0 saturated heterocycles. The van der Waals surface area contributed by atoms with Gasteiger partial charge in [0, 0.05) is 5.56 Å². The van der Waals surface area contributed by atoms with Crippen LogP contribution in [0.15, 0.2) is 78.6 Å². The van der Waals surface area contributed by atoms with E-state index in [0.29, 0.717) is 12.6 Å². The Morgan fingerprint density at radius 3 is 2.64 bits per heavy atom. The van der Waals surface area contributed by atoms with Crippen LogP contribution in [0.4, 0.5) is 5.95 Å². The van der Waals surface area contributed by atoms with E-state index >= 15 is 0 Å². The number of nitrogens with one attached hydrogen (secondary N) is 1. The van der Waals surface area contributed by atoms with E-state index in [1.54, 1.807) is 18.5 Å². The molecule has 0 spiro atoms. The minimum absolute atomic E-state index is 0.337. The van der Waals surface area contributed by atoms with Crippen LogP contribution in [-0.4, -0.2) is 28.0 Å². The van der Waals surface area contributed by atoms with Gasteiger partial charge >= 0.3 is 0 Å². The molecule has 0 saturated carbocycles. The second-order valence-electron chi connectivity index (χ2n) is 5.07. The van der Waals surface area contributed by atoms with E-state index in [0.717, 1.165) is 22.6 Å². The summed E-state index contributed by atoms with van der Waals surface area (Å²) in [6.07, 6.45) is 5.00. The van der Waals surface area contributed by atoms with Gasteiger partial charge in [0.25, 0.3) is 5.95 Å². The molecule has 3 aromatic rings. The monoisotopic (exact) mass is 331 g/mol. The largest absolute Gasteiger partial charge is 0.490 e. The van der Waals surface area contributed by atoms with E-state index in [2.05, 4.69) is 32.3 Å². The van der Waals surface area contributed by atoms with Gasteiger partial charge in [-0.2, -0.15) is 10.2 Å². The van der Waals surface area contributed by atoms with Crippen LogP contribution in [0.1, 0.15) is 5.56 Å². The average Bonchev–Trinajstić information content (AvgIpc) is 2.68. The lowest BCUT2D eigenvalue weighted by Gasteiger charge is -2.03. The number of ether oxygens (including phenoxy) is 1. The summed E-state index contributed by atoms with van der Waals surface area (Å²) in [7, 11) is 0. The van der Waals surface area contributed by atoms with Gasteiger partial charge in [0.1, 0.15) is 12.4 Å². The van der Waals surface area contributed by atoms with Crippen LogP contribution in [0, 0.1) is 0 Å². The Balaban J connectivity index is 1.63. The van der Waals surface area contributed by atoms with Crippen molar-refractivity contribution in [1.29, 1.82) is 0 Å². The fraction of sp³-hybridized carbons (Fsp3) is 0.0526. The van der Waals surface area contributed by atoms with E-state index in [1.807, 2.05) is 54.6 Å². The Morgan fingerprint density at radius 1 is 1.08 bits per heavy atom. The zero-order chi connectivity index (χ0) is 17.3. The zero-order valence-corrected chi connectivity index (χ0v) is 13.5. The predicted molar refractivity (Wildman–Crippen MR) is 98.6 cm³/mol. The highest BCUT2D eigenvalue weighted by molar-refractivity contribution is 5.80. The summed E-state index contributed by atoms with van der Waals surface area (Å²) >= 11 is 0. The van der Waals surface area contributed by atoms with Crippen molar-refractivity contribution in [2.75, 3.05) is 12.0 Å². The van der Waals surface area contributed by atoms with E-state index in [4.69, 9.17) is 4.74 Å². The molecule has 1 N–H and O–H groups in total. The SMILES string of the molecule is C=CCOc1ccc(/C=N\Nc2nncc(-c3ccccc3)n2)cc1. The molecule has 0 unspecified atom stereocenters. The number of anilines is 1. The van der Waals surface area contributed by atoms with Crippen LogP contribution in [0.3, 0.4) is 0 Å². The van der Waals surface area contributed by atoms with Gasteiger partial charge in [-0.1, -0.05) is 43.0 Å². The van der Waals surface area contributed by atoms with Crippen molar-refractivity contribution >= 4 is 12.2 Å². The fourth-order valence-corrected chi connectivity index (χ4v) is 2.07. The molecule has 0 aliphatic carbocycles. The standard InChI is InChI=1S/C19H17N5O/c1-2-12-25-17-10-8-15(9-11-17)13-20-23-19-22-18(14-21-24-19)16-6-4-3-5-7-16/h2-11,13-14H,1,12H2,(H,22,23,24)/b20-13-. The lowest BCUT2D eigenvalue weighted by Crippen LogP contribution is -2.00. The van der Waals surface area contributed by atoms with Gasteiger partial charge in [0.15, 0.2) is 0 Å². The number of hydrogen-bond acceptors (Lipinski definition) is 6. The van der Waals surface area contributed by atoms with Crippen molar-refractivity contribution < 1.29 is 4.74 Å². The molecule has 0 aliphatic rings. The van der Waals surface area contributed by atoms with E-state index < -0.39 is 0 Å². The van der Waals surface area contributed by atoms with Gasteiger partial charge in [0.2, 0.25) is 0 Å². The van der Waals surface area contributed by atoms with Crippen LogP contribution in [0.2, 0.25) is 0 Å². The second kappa shape index (κ2) is 8.35. The molecule has 0 bridgehead atoms. The molecule has 0 amide bonds. The third-order valence-corrected chi connectivity index (χ3v) is 3.25. The van der Waals surface area contributed by atoms with E-state index in [9.17, 15) is 0 Å². The number of aromatic nitrogens is 3. The molecule has 0 radical (unpaired) electrons. The van der Waals surface area contributed by atoms with E-state index in [-0.39, 0.29) is 0 Å². The maximum absolute atomic E-state index is 5.43. The highest BCUT2D eigenvalue weighted by Gasteiger charge is 2.01. The number of rotatable bonds is 7. The van der Waals surface area contributed by atoms with Gasteiger partial charge in [-0.25, -0.2) is 10.4 Å². The van der Waals surface area contributed by atoms with Gasteiger partial charge in [-0.3, -0.25) is 0 Å². The molecular formula is C19H17N5O. The summed E-state index contributed by atoms with van der Waals surface area (Å²) in [4.78, 5) is 4.39. The molecule has 6 heteroatoms. The van der Waals surface area contributed by atoms with Crippen LogP contribution in [0.5, 0.6) is 5.75 Å². The first-order valence-corrected chi connectivity index (χ1v) is 7.73. The summed E-state index contributed by atoms with van der Waals surface area (Å²) in [5, 5.41) is 12.0. The summed E-state index contributed by atoms with van der Waals surface area (Å²) in [6.45, 7) is 4.10. The molecule has 3 rings (SSSR count). The number of hydrogen-bond donors (Lipinski definition) is 1. The Morgan fingerprint density at radius 2 is 1.88 bits per heavy atom. The maximum Gasteiger partial charge on any atom is 0.263 e. The first-order chi connectivity index (χ1) is 12.3. The van der Waals surface area contributed by atoms with Gasteiger partial charge in [-0.15, -0.1) is 5.10 Å². The Kier molecular flexibility index (Phi) is 5.45. The highest BCUT2D eigenvalue weighted by Crippen LogP contribution is 2.15. The highest BCUT2D eigenvalue weighted by atomic mass is 16.5. The molecule has 124 valence electrons. The molecule has 25 heavy (non-hydrogen) atoms. The predicted octanol–water partition coefficient (Wildman–Crippen LogP) is 3.55. The van der Waals surface area contributed by atoms with Gasteiger partial charge in [-0.05, 0) is 29.8 Å². The molecule has 0 fully saturated rings. The van der Waals surface area contributed by atoms with Crippen molar-refractivity contribution in [3.8, 4) is 17.0 Å². The van der Waals surface area contributed by atoms with Crippen LogP contribution >= 0.6 is 0 Å². The minimum atomic E-state index is 0.337. The smallest absolute Gasteiger partial charge is 0.263 e. The number of hydrazone groups is 1. The minimum Gasteiger partial charge on any atom is -0.490 e. The maximum atomic E-state index is 5.43. The molecule has 1 aromatic heterocycles. The van der Waals surface area contributed by atoms with Crippen molar-refractivity contribution in [3.05, 3.63) is 79.0 Å². The second-order valence-corrected chi connectivity index (χ2v) is 5.07. The molecule has 1 heterocycles. The van der Waals surface area contributed by atoms with Crippen LogP contribution in [0.25, 0.3) is 11.3 Å². The topological polar surface area (TPSA) is 72.3 Å². The summed E-state index contributed by atoms with van der Waals surface area (Å²) in [6, 6.07) is 17.3. The van der Waals surface area contributed by atoms with E-state index in [1.165, 1.54) is 0 Å². The Hall–Kier alpha value is -3.54. The molecule has 6 nitrogen and oxygen atoms in total. The Labute approximate surface area is 145 Å². The molecule has 0 atom stereocenters. The summed E-state index contributed by atoms with van der Waals surface area (Å²) in [5.41, 5.74) is 5.42. The normalized spacial score (nSPS) is 10.6. The van der Waals surface area contributed by atoms with Crippen molar-refractivity contribution in [2.45, 2.75) is 0 Å². The third-order valence-electron chi connectivity index (χ3n) is 3.25. The average molecular weight is 331 g/mol. The summed E-state index contributed by atoms with van der Waals surface area (Å²) < 4.78 is 5.43. The Bertz CT molecular complexity index is 847. The van der Waals surface area contributed by atoms with Gasteiger partial charge in [0.05, 0.1) is 18.1 Å². The third kappa shape index (κ3) is 4.71. The van der Waals surface area contributed by atoms with Crippen LogP contribution in [-0.2, 0) is 0 Å². The quantitative estimate of drug-likeness (QED) is 0.407. The lowest BCUT2D eigenvalue weighted by molar-refractivity contribution is 0.363. The first-order valence-electron chi connectivity index (χ1n) is 7.73. The van der Waals surface area contributed by atoms with Crippen molar-refractivity contribution in [2.24, 2.45) is 5.10 Å². The lowest BCUT2D eigenvalue weighted by atomic mass is 10.2. The molecule has 2 aromatic carbocycles. The zero-order valence-electron chi connectivity index (χ0n) is 13.5. The van der Waals surface area contributed by atoms with Crippen LogP contribution < -0.4 is 10.2 Å². The van der Waals surface area contributed by atoms with Crippen molar-refractivity contribution in [3.63, 3.8) is 0 Å². The summed E-state index contributed by atoms with van der Waals surface area (Å²) in [5.74, 6) is 1.12.